The van der Waals surface area contributed by atoms with E-state index in [2.05, 4.69) is 10.2 Å². The van der Waals surface area contributed by atoms with Crippen molar-refractivity contribution in [1.82, 2.24) is 10.2 Å². The van der Waals surface area contributed by atoms with E-state index in [1.807, 2.05) is 6.92 Å². The van der Waals surface area contributed by atoms with E-state index in [4.69, 9.17) is 13.6 Å². The Kier molecular flexibility index (Phi) is 4.07. The highest BCUT2D eigenvalue weighted by Gasteiger charge is 2.18. The zero-order valence-electron chi connectivity index (χ0n) is 13.5. The predicted octanol–water partition coefficient (Wildman–Crippen LogP) is 3.32. The van der Waals surface area contributed by atoms with Crippen LogP contribution < -0.4 is 0 Å². The summed E-state index contributed by atoms with van der Waals surface area (Å²) in [6, 6.07) is 6.65. The first kappa shape index (κ1) is 15.8. The first-order valence-corrected chi connectivity index (χ1v) is 7.31. The summed E-state index contributed by atoms with van der Waals surface area (Å²) in [5.41, 5.74) is 1.39. The van der Waals surface area contributed by atoms with Crippen molar-refractivity contribution in [3.05, 3.63) is 52.8 Å². The minimum Gasteiger partial charge on any atom is -0.507 e. The molecule has 0 aliphatic rings. The van der Waals surface area contributed by atoms with Crippen molar-refractivity contribution in [1.29, 1.82) is 0 Å². The maximum absolute atomic E-state index is 12.0. The Morgan fingerprint density at radius 1 is 1.21 bits per heavy atom. The molecule has 24 heavy (non-hydrogen) atoms. The summed E-state index contributed by atoms with van der Waals surface area (Å²) in [6.07, 6.45) is 0. The molecule has 7 nitrogen and oxygen atoms in total. The maximum Gasteiger partial charge on any atom is 0.342 e. The zero-order chi connectivity index (χ0) is 17.3. The third-order valence-corrected chi connectivity index (χ3v) is 3.52. The van der Waals surface area contributed by atoms with Crippen LogP contribution in [0.1, 0.15) is 33.3 Å². The van der Waals surface area contributed by atoms with Gasteiger partial charge >= 0.3 is 5.97 Å². The number of para-hydroxylation sites is 1. The number of aryl methyl sites for hydroxylation is 3. The minimum atomic E-state index is -0.661. The second-order valence-electron chi connectivity index (χ2n) is 5.38. The summed E-state index contributed by atoms with van der Waals surface area (Å²) in [5.74, 6) is 1.11. The van der Waals surface area contributed by atoms with Gasteiger partial charge in [0.2, 0.25) is 0 Å². The van der Waals surface area contributed by atoms with Crippen LogP contribution in [0, 0.1) is 20.8 Å². The van der Waals surface area contributed by atoms with Crippen LogP contribution >= 0.6 is 0 Å². The number of rotatable bonds is 4. The van der Waals surface area contributed by atoms with Gasteiger partial charge in [-0.2, -0.15) is 0 Å². The summed E-state index contributed by atoms with van der Waals surface area (Å²) < 4.78 is 16.0. The highest BCUT2D eigenvalue weighted by Crippen LogP contribution is 2.26. The molecule has 3 aromatic rings. The summed E-state index contributed by atoms with van der Waals surface area (Å²) >= 11 is 0. The van der Waals surface area contributed by atoms with E-state index >= 15 is 0 Å². The molecule has 1 N–H and O–H groups in total. The lowest BCUT2D eigenvalue weighted by Crippen LogP contribution is -2.06. The standard InChI is InChI=1S/C17H16N2O5/c1-9-5-4-6-12(15(9)20)17(21)22-8-14-18-19-16(24-14)13-7-10(2)23-11(13)3/h4-7,20H,8H2,1-3H3. The van der Waals surface area contributed by atoms with E-state index in [1.54, 1.807) is 32.0 Å². The average Bonchev–Trinajstić information content (AvgIpc) is 3.13. The van der Waals surface area contributed by atoms with Crippen LogP contribution in [0.4, 0.5) is 0 Å². The van der Waals surface area contributed by atoms with Gasteiger partial charge in [-0.15, -0.1) is 10.2 Å². The lowest BCUT2D eigenvalue weighted by atomic mass is 10.1. The molecule has 0 spiro atoms. The predicted molar refractivity (Wildman–Crippen MR) is 83.4 cm³/mol. The normalized spacial score (nSPS) is 10.8. The molecule has 7 heteroatoms. The molecule has 124 valence electrons. The van der Waals surface area contributed by atoms with Crippen molar-refractivity contribution < 1.29 is 23.5 Å². The maximum atomic E-state index is 12.0. The summed E-state index contributed by atoms with van der Waals surface area (Å²) in [4.78, 5) is 12.0. The van der Waals surface area contributed by atoms with Crippen molar-refractivity contribution in [2.45, 2.75) is 27.4 Å². The number of phenols is 1. The van der Waals surface area contributed by atoms with E-state index in [0.717, 1.165) is 5.76 Å². The topological polar surface area (TPSA) is 98.6 Å². The van der Waals surface area contributed by atoms with Gasteiger partial charge in [-0.25, -0.2) is 4.79 Å². The number of furan rings is 1. The number of hydrogen-bond acceptors (Lipinski definition) is 7. The number of carbonyl (C=O) groups excluding carboxylic acids is 1. The van der Waals surface area contributed by atoms with Gasteiger partial charge < -0.3 is 18.7 Å². The summed E-state index contributed by atoms with van der Waals surface area (Å²) in [7, 11) is 0. The molecular formula is C17H16N2O5. The summed E-state index contributed by atoms with van der Waals surface area (Å²) in [5, 5.41) is 17.7. The first-order chi connectivity index (χ1) is 11.5. The molecule has 0 radical (unpaired) electrons. The van der Waals surface area contributed by atoms with Gasteiger partial charge in [0.1, 0.15) is 22.8 Å². The van der Waals surface area contributed by atoms with Crippen molar-refractivity contribution in [3.63, 3.8) is 0 Å². The molecule has 0 bridgehead atoms. The number of ether oxygens (including phenoxy) is 1. The Hall–Kier alpha value is -3.09. The van der Waals surface area contributed by atoms with Crippen LogP contribution in [0.5, 0.6) is 5.75 Å². The summed E-state index contributed by atoms with van der Waals surface area (Å²) in [6.45, 7) is 5.14. The number of benzene rings is 1. The van der Waals surface area contributed by atoms with E-state index in [0.29, 0.717) is 22.8 Å². The quantitative estimate of drug-likeness (QED) is 0.733. The average molecular weight is 328 g/mol. The van der Waals surface area contributed by atoms with E-state index in [-0.39, 0.29) is 23.8 Å². The number of phenolic OH excluding ortho intramolecular Hbond substituents is 1. The van der Waals surface area contributed by atoms with Crippen LogP contribution in [0.2, 0.25) is 0 Å². The molecule has 2 heterocycles. The first-order valence-electron chi connectivity index (χ1n) is 7.31. The van der Waals surface area contributed by atoms with Crippen molar-refractivity contribution in [3.8, 4) is 17.2 Å². The van der Waals surface area contributed by atoms with Crippen LogP contribution in [0.15, 0.2) is 33.1 Å². The Balaban J connectivity index is 1.70. The molecule has 0 aliphatic heterocycles. The number of hydrogen-bond donors (Lipinski definition) is 1. The van der Waals surface area contributed by atoms with Gasteiger partial charge in [0, 0.05) is 0 Å². The van der Waals surface area contributed by atoms with E-state index in [9.17, 15) is 9.90 Å². The molecule has 0 saturated heterocycles. The van der Waals surface area contributed by atoms with Gasteiger partial charge in [0.25, 0.3) is 11.8 Å². The minimum absolute atomic E-state index is 0.0936. The number of esters is 1. The van der Waals surface area contributed by atoms with Crippen molar-refractivity contribution in [2.75, 3.05) is 0 Å². The van der Waals surface area contributed by atoms with Crippen LogP contribution in [0.25, 0.3) is 11.5 Å². The molecule has 0 unspecified atom stereocenters. The zero-order valence-corrected chi connectivity index (χ0v) is 13.5. The molecule has 0 fully saturated rings. The van der Waals surface area contributed by atoms with Crippen LogP contribution in [-0.2, 0) is 11.3 Å². The fraction of sp³-hybridized carbons (Fsp3) is 0.235. The lowest BCUT2D eigenvalue weighted by Gasteiger charge is -2.06. The number of nitrogens with zero attached hydrogens (tertiary/aromatic N) is 2. The monoisotopic (exact) mass is 328 g/mol. The highest BCUT2D eigenvalue weighted by molar-refractivity contribution is 5.92. The Morgan fingerprint density at radius 3 is 2.71 bits per heavy atom. The van der Waals surface area contributed by atoms with Crippen molar-refractivity contribution >= 4 is 5.97 Å². The van der Waals surface area contributed by atoms with Gasteiger partial charge in [-0.3, -0.25) is 0 Å². The Bertz CT molecular complexity index is 894. The molecule has 3 rings (SSSR count). The van der Waals surface area contributed by atoms with E-state index in [1.165, 1.54) is 6.07 Å². The van der Waals surface area contributed by atoms with Gasteiger partial charge in [-0.1, -0.05) is 12.1 Å². The number of aromatic hydroxyl groups is 1. The third-order valence-electron chi connectivity index (χ3n) is 3.52. The largest absolute Gasteiger partial charge is 0.507 e. The molecule has 0 aliphatic carbocycles. The smallest absolute Gasteiger partial charge is 0.342 e. The third kappa shape index (κ3) is 3.01. The molecule has 0 amide bonds. The molecular weight excluding hydrogens is 312 g/mol. The van der Waals surface area contributed by atoms with Crippen LogP contribution in [0.3, 0.4) is 0 Å². The molecule has 2 aromatic heterocycles. The lowest BCUT2D eigenvalue weighted by molar-refractivity contribution is 0.0435. The van der Waals surface area contributed by atoms with Crippen LogP contribution in [-0.4, -0.2) is 21.3 Å². The second-order valence-corrected chi connectivity index (χ2v) is 5.38. The highest BCUT2D eigenvalue weighted by atomic mass is 16.5. The molecule has 1 aromatic carbocycles. The van der Waals surface area contributed by atoms with Gasteiger partial charge in [0.15, 0.2) is 6.61 Å². The Morgan fingerprint density at radius 2 is 2.00 bits per heavy atom. The van der Waals surface area contributed by atoms with E-state index < -0.39 is 5.97 Å². The number of carbonyl (C=O) groups is 1. The van der Waals surface area contributed by atoms with Gasteiger partial charge in [0.05, 0.1) is 5.56 Å². The molecule has 0 saturated carbocycles. The Labute approximate surface area is 137 Å². The fourth-order valence-corrected chi connectivity index (χ4v) is 2.29. The fourth-order valence-electron chi connectivity index (χ4n) is 2.29. The van der Waals surface area contributed by atoms with Gasteiger partial charge in [-0.05, 0) is 38.5 Å². The second kappa shape index (κ2) is 6.19. The molecule has 0 atom stereocenters. The van der Waals surface area contributed by atoms with Crippen molar-refractivity contribution in [2.24, 2.45) is 0 Å². The number of aromatic nitrogens is 2. The SMILES string of the molecule is Cc1cc(-c2nnc(COC(=O)c3cccc(C)c3O)o2)c(C)o1.